The summed E-state index contributed by atoms with van der Waals surface area (Å²) in [6, 6.07) is 0. The van der Waals surface area contributed by atoms with Crippen molar-refractivity contribution in [2.75, 3.05) is 7.05 Å². The lowest BCUT2D eigenvalue weighted by atomic mass is 10.8. The Morgan fingerprint density at radius 1 is 2.00 bits per heavy atom. The fourth-order valence-corrected chi connectivity index (χ4v) is 0.175. The van der Waals surface area contributed by atoms with Gasteiger partial charge >= 0.3 is 0 Å². The molecule has 0 heterocycles. The number of hydrogen-bond donors (Lipinski definition) is 2. The van der Waals surface area contributed by atoms with Gasteiger partial charge in [0.25, 0.3) is 0 Å². The van der Waals surface area contributed by atoms with Gasteiger partial charge in [0.05, 0.1) is 6.20 Å². The second-order valence-electron chi connectivity index (χ2n) is 0.949. The van der Waals surface area contributed by atoms with Crippen molar-refractivity contribution in [3.8, 4) is 0 Å². The standard InChI is InChI=1S/C4H8N2O/c1-5-3-4(7)6-2/h3,5,7H,2H2,1H3/b4-3+. The summed E-state index contributed by atoms with van der Waals surface area (Å²) in [5.41, 5.74) is 0. The molecule has 0 unspecified atom stereocenters. The van der Waals surface area contributed by atoms with Gasteiger partial charge in [0.1, 0.15) is 0 Å². The molecule has 0 radical (unpaired) electrons. The summed E-state index contributed by atoms with van der Waals surface area (Å²) in [5.74, 6) is -0.0949. The molecule has 0 aliphatic heterocycles. The lowest BCUT2D eigenvalue weighted by Crippen LogP contribution is -1.93. The van der Waals surface area contributed by atoms with Crippen molar-refractivity contribution in [3.63, 3.8) is 0 Å². The number of aliphatic imine (C=N–C) groups is 1. The topological polar surface area (TPSA) is 44.6 Å². The normalized spacial score (nSPS) is 10.7. The van der Waals surface area contributed by atoms with Crippen LogP contribution in [0.1, 0.15) is 0 Å². The van der Waals surface area contributed by atoms with E-state index in [9.17, 15) is 0 Å². The van der Waals surface area contributed by atoms with Crippen LogP contribution in [0, 0.1) is 0 Å². The van der Waals surface area contributed by atoms with Crippen LogP contribution in [-0.2, 0) is 0 Å². The molecule has 0 rings (SSSR count). The highest BCUT2D eigenvalue weighted by atomic mass is 16.3. The van der Waals surface area contributed by atoms with Crippen LogP contribution < -0.4 is 5.32 Å². The first kappa shape index (κ1) is 6.01. The molecular formula is C4H8N2O. The van der Waals surface area contributed by atoms with Gasteiger partial charge in [-0.05, 0) is 6.72 Å². The van der Waals surface area contributed by atoms with E-state index in [0.29, 0.717) is 0 Å². The van der Waals surface area contributed by atoms with E-state index < -0.39 is 0 Å². The number of nitrogens with one attached hydrogen (secondary N) is 1. The zero-order valence-corrected chi connectivity index (χ0v) is 4.18. The highest BCUT2D eigenvalue weighted by Gasteiger charge is 1.75. The maximum Gasteiger partial charge on any atom is 0.226 e. The Morgan fingerprint density at radius 3 is 2.71 bits per heavy atom. The molecule has 0 aromatic carbocycles. The number of aliphatic hydroxyl groups excluding tert-OH is 1. The summed E-state index contributed by atoms with van der Waals surface area (Å²) in [7, 11) is 1.67. The monoisotopic (exact) mass is 100 g/mol. The SMILES string of the molecule is C=N/C(O)=C\NC. The molecule has 0 spiro atoms. The highest BCUT2D eigenvalue weighted by Crippen LogP contribution is 1.80. The Hall–Kier alpha value is -0.990. The Balaban J connectivity index is 3.49. The Morgan fingerprint density at radius 2 is 2.57 bits per heavy atom. The molecule has 40 valence electrons. The summed E-state index contributed by atoms with van der Waals surface area (Å²) in [6.45, 7) is 3.07. The summed E-state index contributed by atoms with van der Waals surface area (Å²) in [5, 5.41) is 11.0. The Kier molecular flexibility index (Phi) is 2.76. The van der Waals surface area contributed by atoms with Gasteiger partial charge in [-0.3, -0.25) is 0 Å². The van der Waals surface area contributed by atoms with Crippen molar-refractivity contribution >= 4 is 6.72 Å². The van der Waals surface area contributed by atoms with Gasteiger partial charge < -0.3 is 10.4 Å². The van der Waals surface area contributed by atoms with E-state index in [1.54, 1.807) is 7.05 Å². The molecule has 0 saturated heterocycles. The molecule has 0 bridgehead atoms. The van der Waals surface area contributed by atoms with E-state index in [4.69, 9.17) is 5.11 Å². The smallest absolute Gasteiger partial charge is 0.226 e. The zero-order chi connectivity index (χ0) is 5.70. The number of aliphatic hydroxyl groups is 1. The Bertz CT molecular complexity index is 87.7. The molecule has 0 amide bonds. The van der Waals surface area contributed by atoms with Crippen LogP contribution in [0.5, 0.6) is 0 Å². The minimum Gasteiger partial charge on any atom is -0.492 e. The van der Waals surface area contributed by atoms with Gasteiger partial charge in [0.15, 0.2) is 0 Å². The number of nitrogens with zero attached hydrogens (tertiary/aromatic N) is 1. The van der Waals surface area contributed by atoms with E-state index >= 15 is 0 Å². The minimum absolute atomic E-state index is 0.0949. The van der Waals surface area contributed by atoms with Gasteiger partial charge in [-0.2, -0.15) is 0 Å². The van der Waals surface area contributed by atoms with Crippen molar-refractivity contribution in [1.82, 2.24) is 5.32 Å². The molecule has 7 heavy (non-hydrogen) atoms. The van der Waals surface area contributed by atoms with Gasteiger partial charge in [-0.1, -0.05) is 0 Å². The fraction of sp³-hybridized carbons (Fsp3) is 0.250. The van der Waals surface area contributed by atoms with Crippen LogP contribution in [0.3, 0.4) is 0 Å². The first-order valence-corrected chi connectivity index (χ1v) is 1.84. The summed E-state index contributed by atoms with van der Waals surface area (Å²) >= 11 is 0. The molecule has 0 aliphatic carbocycles. The lowest BCUT2D eigenvalue weighted by molar-refractivity contribution is 0.404. The van der Waals surface area contributed by atoms with Crippen LogP contribution >= 0.6 is 0 Å². The molecule has 3 heteroatoms. The van der Waals surface area contributed by atoms with Crippen molar-refractivity contribution < 1.29 is 5.11 Å². The summed E-state index contributed by atoms with van der Waals surface area (Å²) in [4.78, 5) is 3.18. The third kappa shape index (κ3) is 2.82. The van der Waals surface area contributed by atoms with E-state index in [0.717, 1.165) is 0 Å². The van der Waals surface area contributed by atoms with Gasteiger partial charge in [-0.15, -0.1) is 0 Å². The third-order valence-electron chi connectivity index (χ3n) is 0.435. The average Bonchev–Trinajstić information content (AvgIpc) is 1.68. The first-order chi connectivity index (χ1) is 3.31. The number of rotatable bonds is 2. The van der Waals surface area contributed by atoms with Crippen molar-refractivity contribution in [1.29, 1.82) is 0 Å². The largest absolute Gasteiger partial charge is 0.492 e. The number of hydrogen-bond acceptors (Lipinski definition) is 3. The zero-order valence-electron chi connectivity index (χ0n) is 4.18. The second kappa shape index (κ2) is 3.21. The molecule has 0 aliphatic rings. The first-order valence-electron chi connectivity index (χ1n) is 1.84. The van der Waals surface area contributed by atoms with Crippen molar-refractivity contribution in [2.24, 2.45) is 4.99 Å². The highest BCUT2D eigenvalue weighted by molar-refractivity contribution is 5.26. The van der Waals surface area contributed by atoms with Gasteiger partial charge in [0, 0.05) is 7.05 Å². The maximum atomic E-state index is 8.43. The predicted octanol–water partition coefficient (Wildman–Crippen LogP) is 0.263. The molecule has 2 N–H and O–H groups in total. The van der Waals surface area contributed by atoms with Crippen LogP contribution in [0.2, 0.25) is 0 Å². The molecular weight excluding hydrogens is 92.1 g/mol. The van der Waals surface area contributed by atoms with E-state index in [2.05, 4.69) is 17.0 Å². The van der Waals surface area contributed by atoms with Crippen LogP contribution in [-0.4, -0.2) is 18.9 Å². The van der Waals surface area contributed by atoms with E-state index in [1.165, 1.54) is 6.20 Å². The molecule has 0 atom stereocenters. The quantitative estimate of drug-likeness (QED) is 0.386. The molecule has 0 aromatic rings. The van der Waals surface area contributed by atoms with Crippen molar-refractivity contribution in [3.05, 3.63) is 12.1 Å². The molecule has 0 aromatic heterocycles. The van der Waals surface area contributed by atoms with Gasteiger partial charge in [0.2, 0.25) is 5.88 Å². The Labute approximate surface area is 42.4 Å². The lowest BCUT2D eigenvalue weighted by Gasteiger charge is -1.85. The van der Waals surface area contributed by atoms with Crippen LogP contribution in [0.15, 0.2) is 17.1 Å². The average molecular weight is 100 g/mol. The predicted molar refractivity (Wildman–Crippen MR) is 29.3 cm³/mol. The van der Waals surface area contributed by atoms with Crippen molar-refractivity contribution in [2.45, 2.75) is 0 Å². The van der Waals surface area contributed by atoms with E-state index in [-0.39, 0.29) is 5.88 Å². The van der Waals surface area contributed by atoms with Gasteiger partial charge in [-0.25, -0.2) is 4.99 Å². The summed E-state index contributed by atoms with van der Waals surface area (Å²) in [6.07, 6.45) is 1.34. The summed E-state index contributed by atoms with van der Waals surface area (Å²) < 4.78 is 0. The van der Waals surface area contributed by atoms with Crippen LogP contribution in [0.25, 0.3) is 0 Å². The molecule has 3 nitrogen and oxygen atoms in total. The maximum absolute atomic E-state index is 8.43. The third-order valence-corrected chi connectivity index (χ3v) is 0.435. The molecule has 0 fully saturated rings. The second-order valence-corrected chi connectivity index (χ2v) is 0.949. The van der Waals surface area contributed by atoms with E-state index in [1.807, 2.05) is 0 Å². The minimum atomic E-state index is -0.0949. The fourth-order valence-electron chi connectivity index (χ4n) is 0.175. The molecule has 0 saturated carbocycles. The van der Waals surface area contributed by atoms with Crippen LogP contribution in [0.4, 0.5) is 0 Å².